The SMILES string of the molecule is CCCCn1nc(C(=O)NC2CCCc3ccccc32)c2ccccc2c1=O. The first kappa shape index (κ1) is 18.4. The molecule has 5 nitrogen and oxygen atoms in total. The number of nitrogens with zero attached hydrogens (tertiary/aromatic N) is 2. The van der Waals surface area contributed by atoms with E-state index in [1.54, 1.807) is 12.1 Å². The predicted molar refractivity (Wildman–Crippen MR) is 110 cm³/mol. The predicted octanol–water partition coefficient (Wildman–Crippen LogP) is 4.00. The van der Waals surface area contributed by atoms with Crippen molar-refractivity contribution in [3.63, 3.8) is 0 Å². The highest BCUT2D eigenvalue weighted by Gasteiger charge is 2.24. The minimum atomic E-state index is -0.219. The van der Waals surface area contributed by atoms with Gasteiger partial charge in [-0.15, -0.1) is 0 Å². The van der Waals surface area contributed by atoms with Crippen LogP contribution in [-0.4, -0.2) is 15.7 Å². The minimum absolute atomic E-state index is 0.0194. The van der Waals surface area contributed by atoms with Crippen molar-refractivity contribution in [2.75, 3.05) is 0 Å². The zero-order valence-corrected chi connectivity index (χ0v) is 16.1. The fraction of sp³-hybridized carbons (Fsp3) is 0.348. The summed E-state index contributed by atoms with van der Waals surface area (Å²) < 4.78 is 1.44. The lowest BCUT2D eigenvalue weighted by atomic mass is 9.87. The number of hydrogen-bond donors (Lipinski definition) is 1. The molecule has 28 heavy (non-hydrogen) atoms. The summed E-state index contributed by atoms with van der Waals surface area (Å²) in [5, 5.41) is 8.78. The number of benzene rings is 2. The third kappa shape index (κ3) is 3.44. The number of carbonyl (C=O) groups is 1. The van der Waals surface area contributed by atoms with Crippen LogP contribution in [0.4, 0.5) is 0 Å². The molecule has 1 aliphatic rings. The van der Waals surface area contributed by atoms with E-state index in [1.165, 1.54) is 15.8 Å². The lowest BCUT2D eigenvalue weighted by Crippen LogP contribution is -2.34. The van der Waals surface area contributed by atoms with Gasteiger partial charge in [-0.3, -0.25) is 9.59 Å². The first-order chi connectivity index (χ1) is 13.7. The van der Waals surface area contributed by atoms with Gasteiger partial charge in [-0.25, -0.2) is 4.68 Å². The number of fused-ring (bicyclic) bond motifs is 2. The van der Waals surface area contributed by atoms with Crippen molar-refractivity contribution in [3.05, 3.63) is 75.7 Å². The maximum Gasteiger partial charge on any atom is 0.274 e. The van der Waals surface area contributed by atoms with Crippen molar-refractivity contribution in [2.45, 2.75) is 51.6 Å². The molecule has 0 aliphatic heterocycles. The molecular weight excluding hydrogens is 350 g/mol. The zero-order chi connectivity index (χ0) is 19.5. The third-order valence-electron chi connectivity index (χ3n) is 5.48. The molecule has 0 saturated heterocycles. The van der Waals surface area contributed by atoms with Gasteiger partial charge in [-0.1, -0.05) is 55.8 Å². The summed E-state index contributed by atoms with van der Waals surface area (Å²) >= 11 is 0. The number of amides is 1. The van der Waals surface area contributed by atoms with E-state index in [0.717, 1.165) is 32.1 Å². The topological polar surface area (TPSA) is 64.0 Å². The molecular formula is C23H25N3O2. The van der Waals surface area contributed by atoms with Crippen LogP contribution in [-0.2, 0) is 13.0 Å². The van der Waals surface area contributed by atoms with Crippen LogP contribution in [0.3, 0.4) is 0 Å². The molecule has 1 aliphatic carbocycles. The van der Waals surface area contributed by atoms with Crippen LogP contribution >= 0.6 is 0 Å². The third-order valence-corrected chi connectivity index (χ3v) is 5.48. The molecule has 1 N–H and O–H groups in total. The Hall–Kier alpha value is -2.95. The first-order valence-corrected chi connectivity index (χ1v) is 10.1. The molecule has 0 saturated carbocycles. The van der Waals surface area contributed by atoms with Gasteiger partial charge in [0.25, 0.3) is 11.5 Å². The van der Waals surface area contributed by atoms with Gasteiger partial charge in [-0.05, 0) is 42.9 Å². The van der Waals surface area contributed by atoms with Crippen LogP contribution in [0.15, 0.2) is 53.3 Å². The van der Waals surface area contributed by atoms with Crippen LogP contribution in [0.5, 0.6) is 0 Å². The lowest BCUT2D eigenvalue weighted by Gasteiger charge is -2.26. The maximum absolute atomic E-state index is 13.2. The van der Waals surface area contributed by atoms with Crippen molar-refractivity contribution in [3.8, 4) is 0 Å². The van der Waals surface area contributed by atoms with Crippen molar-refractivity contribution < 1.29 is 4.79 Å². The Balaban J connectivity index is 1.72. The van der Waals surface area contributed by atoms with E-state index < -0.39 is 0 Å². The highest BCUT2D eigenvalue weighted by Crippen LogP contribution is 2.29. The van der Waals surface area contributed by atoms with Crippen molar-refractivity contribution in [2.24, 2.45) is 0 Å². The van der Waals surface area contributed by atoms with Crippen molar-refractivity contribution >= 4 is 16.7 Å². The second kappa shape index (κ2) is 7.97. The Labute approximate surface area is 164 Å². The maximum atomic E-state index is 13.2. The van der Waals surface area contributed by atoms with E-state index in [0.29, 0.717) is 23.0 Å². The standard InChI is InChI=1S/C23H25N3O2/c1-2-3-15-26-23(28)19-13-7-6-12-18(19)21(25-26)22(27)24-20-14-8-10-16-9-4-5-11-17(16)20/h4-7,9,11-13,20H,2-3,8,10,14-15H2,1H3,(H,24,27). The Morgan fingerprint density at radius 1 is 1.14 bits per heavy atom. The molecule has 144 valence electrons. The second-order valence-electron chi connectivity index (χ2n) is 7.39. The smallest absolute Gasteiger partial charge is 0.274 e. The number of aromatic nitrogens is 2. The first-order valence-electron chi connectivity index (χ1n) is 10.1. The molecule has 1 aromatic heterocycles. The second-order valence-corrected chi connectivity index (χ2v) is 7.39. The van der Waals surface area contributed by atoms with Crippen molar-refractivity contribution in [1.29, 1.82) is 0 Å². The Morgan fingerprint density at radius 2 is 1.89 bits per heavy atom. The van der Waals surface area contributed by atoms with Gasteiger partial charge in [0.15, 0.2) is 5.69 Å². The van der Waals surface area contributed by atoms with E-state index in [4.69, 9.17) is 0 Å². The number of nitrogens with one attached hydrogen (secondary N) is 1. The number of hydrogen-bond acceptors (Lipinski definition) is 3. The monoisotopic (exact) mass is 375 g/mol. The molecule has 0 radical (unpaired) electrons. The highest BCUT2D eigenvalue weighted by molar-refractivity contribution is 6.04. The van der Waals surface area contributed by atoms with Crippen molar-refractivity contribution in [1.82, 2.24) is 15.1 Å². The molecule has 0 spiro atoms. The van der Waals surface area contributed by atoms with Gasteiger partial charge in [0, 0.05) is 11.9 Å². The zero-order valence-electron chi connectivity index (χ0n) is 16.1. The summed E-state index contributed by atoms with van der Waals surface area (Å²) in [6.07, 6.45) is 4.82. The summed E-state index contributed by atoms with van der Waals surface area (Å²) in [5.74, 6) is -0.219. The molecule has 1 heterocycles. The van der Waals surface area contributed by atoms with E-state index in [1.807, 2.05) is 24.3 Å². The van der Waals surface area contributed by atoms with E-state index >= 15 is 0 Å². The van der Waals surface area contributed by atoms with Crippen LogP contribution < -0.4 is 10.9 Å². The molecule has 4 rings (SSSR count). The molecule has 3 aromatic rings. The van der Waals surface area contributed by atoms with Gasteiger partial charge in [0.1, 0.15) is 0 Å². The van der Waals surface area contributed by atoms with Gasteiger partial charge in [0.2, 0.25) is 0 Å². The normalized spacial score (nSPS) is 16.0. The quantitative estimate of drug-likeness (QED) is 0.733. The largest absolute Gasteiger partial charge is 0.344 e. The molecule has 0 fully saturated rings. The average molecular weight is 375 g/mol. The fourth-order valence-electron chi connectivity index (χ4n) is 3.99. The van der Waals surface area contributed by atoms with Gasteiger partial charge in [-0.2, -0.15) is 5.10 Å². The number of unbranched alkanes of at least 4 members (excludes halogenated alkanes) is 1. The molecule has 1 amide bonds. The van der Waals surface area contributed by atoms with E-state index in [2.05, 4.69) is 29.5 Å². The average Bonchev–Trinajstić information content (AvgIpc) is 2.73. The molecule has 1 unspecified atom stereocenters. The van der Waals surface area contributed by atoms with Gasteiger partial charge in [0.05, 0.1) is 11.4 Å². The summed E-state index contributed by atoms with van der Waals surface area (Å²) in [5.41, 5.74) is 2.67. The summed E-state index contributed by atoms with van der Waals surface area (Å²) in [6, 6.07) is 15.5. The summed E-state index contributed by atoms with van der Waals surface area (Å²) in [7, 11) is 0. The summed E-state index contributed by atoms with van der Waals surface area (Å²) in [4.78, 5) is 25.9. The summed E-state index contributed by atoms with van der Waals surface area (Å²) in [6.45, 7) is 2.59. The molecule has 0 bridgehead atoms. The highest BCUT2D eigenvalue weighted by atomic mass is 16.2. The van der Waals surface area contributed by atoms with Crippen LogP contribution in [0.1, 0.15) is 60.3 Å². The number of aryl methyl sites for hydroxylation is 2. The minimum Gasteiger partial charge on any atom is -0.344 e. The molecule has 1 atom stereocenters. The van der Waals surface area contributed by atoms with Crippen LogP contribution in [0.2, 0.25) is 0 Å². The number of carbonyl (C=O) groups excluding carboxylic acids is 1. The van der Waals surface area contributed by atoms with Gasteiger partial charge >= 0.3 is 0 Å². The Kier molecular flexibility index (Phi) is 5.24. The lowest BCUT2D eigenvalue weighted by molar-refractivity contribution is 0.0927. The van der Waals surface area contributed by atoms with Gasteiger partial charge < -0.3 is 5.32 Å². The molecule has 2 aromatic carbocycles. The van der Waals surface area contributed by atoms with E-state index in [-0.39, 0.29) is 17.5 Å². The van der Waals surface area contributed by atoms with E-state index in [9.17, 15) is 9.59 Å². The van der Waals surface area contributed by atoms with Crippen LogP contribution in [0.25, 0.3) is 10.8 Å². The fourth-order valence-corrected chi connectivity index (χ4v) is 3.99. The number of rotatable bonds is 5. The van der Waals surface area contributed by atoms with Crippen LogP contribution in [0, 0.1) is 0 Å². The Morgan fingerprint density at radius 3 is 2.71 bits per heavy atom. The Bertz CT molecular complexity index is 1070. The molecule has 5 heteroatoms.